The molecule has 1 aromatic carbocycles. The van der Waals surface area contributed by atoms with Crippen LogP contribution in [0.1, 0.15) is 41.3 Å². The lowest BCUT2D eigenvalue weighted by Gasteiger charge is -2.28. The third kappa shape index (κ3) is 3.02. The minimum Gasteiger partial charge on any atom is -0.378 e. The molecule has 4 nitrogen and oxygen atoms in total. The van der Waals surface area contributed by atoms with Gasteiger partial charge in [-0.1, -0.05) is 6.07 Å². The summed E-state index contributed by atoms with van der Waals surface area (Å²) in [5.41, 5.74) is 3.39. The summed E-state index contributed by atoms with van der Waals surface area (Å²) in [4.78, 5) is 12.3. The molecule has 0 aromatic heterocycles. The first-order chi connectivity index (χ1) is 9.72. The maximum absolute atomic E-state index is 12.3. The molecule has 20 heavy (non-hydrogen) atoms. The molecule has 2 heterocycles. The van der Waals surface area contributed by atoms with E-state index in [9.17, 15) is 4.79 Å². The molecule has 2 aliphatic heterocycles. The SMILES string of the molecule is CC1CC(NC(=O)c2ccc3c(c2)CNCC3)CCO1. The van der Waals surface area contributed by atoms with Gasteiger partial charge in [0.1, 0.15) is 0 Å². The Bertz CT molecular complexity index is 501. The second kappa shape index (κ2) is 5.94. The average molecular weight is 274 g/mol. The number of hydrogen-bond donors (Lipinski definition) is 2. The van der Waals surface area contributed by atoms with Crippen LogP contribution in [0.25, 0.3) is 0 Å². The van der Waals surface area contributed by atoms with Gasteiger partial charge in [-0.15, -0.1) is 0 Å². The summed E-state index contributed by atoms with van der Waals surface area (Å²) in [6.07, 6.45) is 3.09. The molecule has 4 heteroatoms. The first kappa shape index (κ1) is 13.6. The van der Waals surface area contributed by atoms with Crippen molar-refractivity contribution in [1.82, 2.24) is 10.6 Å². The normalized spacial score (nSPS) is 25.9. The van der Waals surface area contributed by atoms with Gasteiger partial charge in [0, 0.05) is 24.8 Å². The minimum atomic E-state index is 0.0393. The number of rotatable bonds is 2. The van der Waals surface area contributed by atoms with E-state index >= 15 is 0 Å². The van der Waals surface area contributed by atoms with Crippen molar-refractivity contribution >= 4 is 5.91 Å². The van der Waals surface area contributed by atoms with Crippen LogP contribution in [0.2, 0.25) is 0 Å². The summed E-state index contributed by atoms with van der Waals surface area (Å²) in [5.74, 6) is 0.0393. The molecule has 108 valence electrons. The van der Waals surface area contributed by atoms with Gasteiger partial charge in [-0.3, -0.25) is 4.79 Å². The molecular formula is C16H22N2O2. The molecule has 0 aliphatic carbocycles. The summed E-state index contributed by atoms with van der Waals surface area (Å²) >= 11 is 0. The standard InChI is InChI=1S/C16H22N2O2/c1-11-8-15(5-7-20-11)18-16(19)13-3-2-12-4-6-17-10-14(12)9-13/h2-3,9,11,15,17H,4-8,10H2,1H3,(H,18,19). The van der Waals surface area contributed by atoms with Gasteiger partial charge in [0.15, 0.2) is 0 Å². The number of ether oxygens (including phenoxy) is 1. The molecule has 3 rings (SSSR count). The van der Waals surface area contributed by atoms with Crippen molar-refractivity contribution in [3.05, 3.63) is 34.9 Å². The molecule has 2 N–H and O–H groups in total. The quantitative estimate of drug-likeness (QED) is 0.862. The minimum absolute atomic E-state index is 0.0393. The maximum Gasteiger partial charge on any atom is 0.251 e. The van der Waals surface area contributed by atoms with Crippen LogP contribution >= 0.6 is 0 Å². The lowest BCUT2D eigenvalue weighted by atomic mass is 9.98. The largest absolute Gasteiger partial charge is 0.378 e. The van der Waals surface area contributed by atoms with Crippen molar-refractivity contribution in [3.8, 4) is 0 Å². The summed E-state index contributed by atoms with van der Waals surface area (Å²) < 4.78 is 5.51. The fourth-order valence-electron chi connectivity index (χ4n) is 3.02. The summed E-state index contributed by atoms with van der Waals surface area (Å²) in [6.45, 7) is 4.69. The Morgan fingerprint density at radius 3 is 3.15 bits per heavy atom. The Kier molecular flexibility index (Phi) is 4.03. The van der Waals surface area contributed by atoms with E-state index in [-0.39, 0.29) is 18.1 Å². The van der Waals surface area contributed by atoms with Crippen molar-refractivity contribution in [2.24, 2.45) is 0 Å². The lowest BCUT2D eigenvalue weighted by molar-refractivity contribution is 0.0136. The molecular weight excluding hydrogens is 252 g/mol. The highest BCUT2D eigenvalue weighted by Gasteiger charge is 2.21. The van der Waals surface area contributed by atoms with Crippen LogP contribution in [0.5, 0.6) is 0 Å². The number of amides is 1. The van der Waals surface area contributed by atoms with Crippen molar-refractivity contribution in [2.45, 2.75) is 44.9 Å². The van der Waals surface area contributed by atoms with E-state index in [1.54, 1.807) is 0 Å². The number of fused-ring (bicyclic) bond motifs is 1. The molecule has 0 saturated carbocycles. The molecule has 2 atom stereocenters. The van der Waals surface area contributed by atoms with Crippen LogP contribution in [0.3, 0.4) is 0 Å². The molecule has 1 fully saturated rings. The zero-order chi connectivity index (χ0) is 13.9. The molecule has 2 unspecified atom stereocenters. The number of nitrogens with one attached hydrogen (secondary N) is 2. The van der Waals surface area contributed by atoms with E-state index in [0.717, 1.165) is 44.5 Å². The van der Waals surface area contributed by atoms with Gasteiger partial charge in [-0.2, -0.15) is 0 Å². The first-order valence-electron chi connectivity index (χ1n) is 7.47. The molecule has 0 radical (unpaired) electrons. The molecule has 2 aliphatic rings. The van der Waals surface area contributed by atoms with Crippen LogP contribution in [-0.2, 0) is 17.7 Å². The Balaban J connectivity index is 1.67. The van der Waals surface area contributed by atoms with E-state index in [2.05, 4.69) is 23.6 Å². The summed E-state index contributed by atoms with van der Waals surface area (Å²) in [7, 11) is 0. The van der Waals surface area contributed by atoms with Crippen LogP contribution in [0.4, 0.5) is 0 Å². The summed E-state index contributed by atoms with van der Waals surface area (Å²) in [5, 5.41) is 6.48. The van der Waals surface area contributed by atoms with Crippen molar-refractivity contribution in [3.63, 3.8) is 0 Å². The van der Waals surface area contributed by atoms with Gasteiger partial charge in [0.25, 0.3) is 5.91 Å². The van der Waals surface area contributed by atoms with Crippen LogP contribution in [0, 0.1) is 0 Å². The van der Waals surface area contributed by atoms with E-state index in [4.69, 9.17) is 4.74 Å². The van der Waals surface area contributed by atoms with Crippen LogP contribution in [0.15, 0.2) is 18.2 Å². The second-order valence-corrected chi connectivity index (χ2v) is 5.79. The predicted octanol–water partition coefficient (Wildman–Crippen LogP) is 1.63. The third-order valence-corrected chi connectivity index (χ3v) is 4.18. The Morgan fingerprint density at radius 1 is 1.40 bits per heavy atom. The zero-order valence-corrected chi connectivity index (χ0v) is 11.9. The van der Waals surface area contributed by atoms with Gasteiger partial charge in [0.2, 0.25) is 0 Å². The highest BCUT2D eigenvalue weighted by molar-refractivity contribution is 5.94. The van der Waals surface area contributed by atoms with Gasteiger partial charge in [-0.25, -0.2) is 0 Å². The zero-order valence-electron chi connectivity index (χ0n) is 11.9. The number of hydrogen-bond acceptors (Lipinski definition) is 3. The summed E-state index contributed by atoms with van der Waals surface area (Å²) in [6, 6.07) is 6.31. The Hall–Kier alpha value is -1.39. The number of carbonyl (C=O) groups is 1. The van der Waals surface area contributed by atoms with Crippen molar-refractivity contribution < 1.29 is 9.53 Å². The van der Waals surface area contributed by atoms with Crippen LogP contribution in [-0.4, -0.2) is 31.2 Å². The van der Waals surface area contributed by atoms with Gasteiger partial charge < -0.3 is 15.4 Å². The van der Waals surface area contributed by atoms with Crippen molar-refractivity contribution in [2.75, 3.05) is 13.2 Å². The van der Waals surface area contributed by atoms with Crippen molar-refractivity contribution in [1.29, 1.82) is 0 Å². The average Bonchev–Trinajstić information content (AvgIpc) is 2.47. The smallest absolute Gasteiger partial charge is 0.251 e. The highest BCUT2D eigenvalue weighted by atomic mass is 16.5. The maximum atomic E-state index is 12.3. The molecule has 1 aromatic rings. The third-order valence-electron chi connectivity index (χ3n) is 4.18. The lowest BCUT2D eigenvalue weighted by Crippen LogP contribution is -2.41. The topological polar surface area (TPSA) is 50.4 Å². The number of carbonyl (C=O) groups excluding carboxylic acids is 1. The first-order valence-corrected chi connectivity index (χ1v) is 7.47. The van der Waals surface area contributed by atoms with Crippen LogP contribution < -0.4 is 10.6 Å². The Morgan fingerprint density at radius 2 is 2.30 bits per heavy atom. The molecule has 1 amide bonds. The monoisotopic (exact) mass is 274 g/mol. The van der Waals surface area contributed by atoms with Gasteiger partial charge in [-0.05, 0) is 56.0 Å². The molecule has 0 bridgehead atoms. The fourth-order valence-corrected chi connectivity index (χ4v) is 3.02. The predicted molar refractivity (Wildman–Crippen MR) is 77.8 cm³/mol. The van der Waals surface area contributed by atoms with E-state index in [1.807, 2.05) is 12.1 Å². The highest BCUT2D eigenvalue weighted by Crippen LogP contribution is 2.17. The number of benzene rings is 1. The van der Waals surface area contributed by atoms with E-state index in [0.29, 0.717) is 0 Å². The fraction of sp³-hybridized carbons (Fsp3) is 0.562. The van der Waals surface area contributed by atoms with Gasteiger partial charge >= 0.3 is 0 Å². The van der Waals surface area contributed by atoms with Gasteiger partial charge in [0.05, 0.1) is 6.10 Å². The van der Waals surface area contributed by atoms with E-state index in [1.165, 1.54) is 11.1 Å². The Labute approximate surface area is 119 Å². The molecule has 0 spiro atoms. The molecule has 1 saturated heterocycles. The van der Waals surface area contributed by atoms with E-state index < -0.39 is 0 Å². The second-order valence-electron chi connectivity index (χ2n) is 5.79.